The van der Waals surface area contributed by atoms with Crippen molar-refractivity contribution in [1.82, 2.24) is 0 Å². The SMILES string of the molecule is CCCC[N+](CCCC)(CCCC)Cc1ccccc1.CCCC[N+](CCCC)(CCCC)Cc1ccccc1.[I-].[I-]. The summed E-state index contributed by atoms with van der Waals surface area (Å²) in [5, 5.41) is 0. The lowest BCUT2D eigenvalue weighted by Crippen LogP contribution is -3.00. The fourth-order valence-corrected chi connectivity index (χ4v) is 6.05. The first kappa shape index (κ1) is 43.9. The summed E-state index contributed by atoms with van der Waals surface area (Å²) in [6.45, 7) is 24.5. The average molecular weight is 807 g/mol. The van der Waals surface area contributed by atoms with Crippen molar-refractivity contribution in [2.24, 2.45) is 0 Å². The van der Waals surface area contributed by atoms with Gasteiger partial charge in [0.15, 0.2) is 0 Å². The van der Waals surface area contributed by atoms with E-state index in [9.17, 15) is 0 Å². The number of hydrogen-bond donors (Lipinski definition) is 0. The second kappa shape index (κ2) is 28.3. The molecule has 0 bridgehead atoms. The van der Waals surface area contributed by atoms with Crippen molar-refractivity contribution in [1.29, 1.82) is 0 Å². The first-order chi connectivity index (χ1) is 19.5. The van der Waals surface area contributed by atoms with Gasteiger partial charge in [-0.25, -0.2) is 0 Å². The zero-order valence-electron chi connectivity index (χ0n) is 28.6. The molecule has 0 unspecified atom stereocenters. The maximum Gasteiger partial charge on any atom is 0.104 e. The van der Waals surface area contributed by atoms with Crippen LogP contribution in [0.1, 0.15) is 130 Å². The van der Waals surface area contributed by atoms with E-state index >= 15 is 0 Å². The summed E-state index contributed by atoms with van der Waals surface area (Å²) >= 11 is 0. The van der Waals surface area contributed by atoms with E-state index in [0.29, 0.717) is 0 Å². The van der Waals surface area contributed by atoms with Crippen LogP contribution in [0, 0.1) is 0 Å². The van der Waals surface area contributed by atoms with Crippen molar-refractivity contribution in [2.45, 2.75) is 132 Å². The average Bonchev–Trinajstić information content (AvgIpc) is 3.00. The summed E-state index contributed by atoms with van der Waals surface area (Å²) in [7, 11) is 0. The Labute approximate surface area is 297 Å². The van der Waals surface area contributed by atoms with Gasteiger partial charge in [0.25, 0.3) is 0 Å². The molecule has 0 radical (unpaired) electrons. The highest BCUT2D eigenvalue weighted by molar-refractivity contribution is 5.14. The van der Waals surface area contributed by atoms with Crippen LogP contribution in [0.15, 0.2) is 60.7 Å². The maximum absolute atomic E-state index is 2.32. The molecule has 2 aromatic rings. The first-order valence-electron chi connectivity index (χ1n) is 17.3. The molecule has 0 saturated heterocycles. The molecule has 244 valence electrons. The van der Waals surface area contributed by atoms with E-state index in [4.69, 9.17) is 0 Å². The summed E-state index contributed by atoms with van der Waals surface area (Å²) in [6.07, 6.45) is 16.0. The van der Waals surface area contributed by atoms with Crippen LogP contribution in [0.5, 0.6) is 0 Å². The Morgan fingerprint density at radius 3 is 0.762 bits per heavy atom. The van der Waals surface area contributed by atoms with E-state index in [-0.39, 0.29) is 48.0 Å². The van der Waals surface area contributed by atoms with E-state index in [1.807, 2.05) is 0 Å². The minimum atomic E-state index is 0. The van der Waals surface area contributed by atoms with Gasteiger partial charge in [-0.3, -0.25) is 0 Å². The molecule has 42 heavy (non-hydrogen) atoms. The molecule has 0 aliphatic rings. The van der Waals surface area contributed by atoms with Gasteiger partial charge < -0.3 is 56.9 Å². The van der Waals surface area contributed by atoms with E-state index in [1.54, 1.807) is 0 Å². The predicted octanol–water partition coefficient (Wildman–Crippen LogP) is 4.82. The Morgan fingerprint density at radius 2 is 0.571 bits per heavy atom. The number of unbranched alkanes of at least 4 members (excludes halogenated alkanes) is 6. The van der Waals surface area contributed by atoms with Crippen LogP contribution in [-0.2, 0) is 13.1 Å². The predicted molar refractivity (Wildman–Crippen MR) is 179 cm³/mol. The monoisotopic (exact) mass is 806 g/mol. The zero-order chi connectivity index (χ0) is 29.4. The quantitative estimate of drug-likeness (QED) is 0.119. The van der Waals surface area contributed by atoms with Gasteiger partial charge in [0.05, 0.1) is 39.3 Å². The molecule has 0 amide bonds. The molecule has 2 nitrogen and oxygen atoms in total. The van der Waals surface area contributed by atoms with Gasteiger partial charge in [0.1, 0.15) is 13.1 Å². The molecule has 0 aromatic heterocycles. The number of hydrogen-bond acceptors (Lipinski definition) is 0. The molecule has 4 heteroatoms. The summed E-state index contributed by atoms with van der Waals surface area (Å²) in [5.41, 5.74) is 3.02. The Bertz CT molecular complexity index is 699. The van der Waals surface area contributed by atoms with Crippen molar-refractivity contribution in [2.75, 3.05) is 39.3 Å². The minimum absolute atomic E-state index is 0. The van der Waals surface area contributed by atoms with Crippen molar-refractivity contribution in [3.63, 3.8) is 0 Å². The van der Waals surface area contributed by atoms with Crippen LogP contribution in [-0.4, -0.2) is 48.2 Å². The van der Waals surface area contributed by atoms with E-state index in [1.165, 1.54) is 150 Å². The van der Waals surface area contributed by atoms with Gasteiger partial charge in [-0.2, -0.15) is 0 Å². The molecule has 0 N–H and O–H groups in total. The summed E-state index contributed by atoms with van der Waals surface area (Å²) < 4.78 is 2.61. The smallest absolute Gasteiger partial charge is 0.104 e. The van der Waals surface area contributed by atoms with Gasteiger partial charge in [-0.05, 0) is 38.5 Å². The number of benzene rings is 2. The molecule has 0 aliphatic carbocycles. The van der Waals surface area contributed by atoms with Crippen LogP contribution in [0.3, 0.4) is 0 Å². The first-order valence-corrected chi connectivity index (χ1v) is 17.3. The highest BCUT2D eigenvalue weighted by Crippen LogP contribution is 2.21. The second-order valence-corrected chi connectivity index (χ2v) is 12.4. The zero-order valence-corrected chi connectivity index (χ0v) is 32.9. The number of nitrogens with zero attached hydrogens (tertiary/aromatic N) is 2. The van der Waals surface area contributed by atoms with Crippen molar-refractivity contribution >= 4 is 0 Å². The van der Waals surface area contributed by atoms with Crippen LogP contribution < -0.4 is 48.0 Å². The third-order valence-corrected chi connectivity index (χ3v) is 8.64. The maximum atomic E-state index is 2.32. The summed E-state index contributed by atoms with van der Waals surface area (Å²) in [4.78, 5) is 0. The van der Waals surface area contributed by atoms with Gasteiger partial charge in [-0.1, -0.05) is 141 Å². The van der Waals surface area contributed by atoms with E-state index < -0.39 is 0 Å². The van der Waals surface area contributed by atoms with Gasteiger partial charge in [0, 0.05) is 11.1 Å². The molecule has 0 spiro atoms. The molecule has 2 rings (SSSR count). The molecule has 0 saturated carbocycles. The molecular weight excluding hydrogens is 738 g/mol. The number of quaternary nitrogens is 2. The van der Waals surface area contributed by atoms with Gasteiger partial charge >= 0.3 is 0 Å². The topological polar surface area (TPSA) is 0 Å². The normalized spacial score (nSPS) is 11.2. The van der Waals surface area contributed by atoms with E-state index in [2.05, 4.69) is 102 Å². The Kier molecular flexibility index (Phi) is 29.6. The second-order valence-electron chi connectivity index (χ2n) is 12.4. The van der Waals surface area contributed by atoms with Crippen LogP contribution in [0.25, 0.3) is 0 Å². The van der Waals surface area contributed by atoms with Gasteiger partial charge in [0.2, 0.25) is 0 Å². The van der Waals surface area contributed by atoms with Crippen LogP contribution in [0.4, 0.5) is 0 Å². The molecule has 0 aliphatic heterocycles. The molecule has 0 heterocycles. The van der Waals surface area contributed by atoms with E-state index in [0.717, 1.165) is 0 Å². The number of rotatable bonds is 22. The van der Waals surface area contributed by atoms with Crippen molar-refractivity contribution in [3.8, 4) is 0 Å². The Balaban J connectivity index is 0. The molecule has 2 aromatic carbocycles. The molecule has 0 atom stereocenters. The van der Waals surface area contributed by atoms with Crippen molar-refractivity contribution in [3.05, 3.63) is 71.8 Å². The van der Waals surface area contributed by atoms with Crippen LogP contribution in [0.2, 0.25) is 0 Å². The Hall–Kier alpha value is -0.180. The third-order valence-electron chi connectivity index (χ3n) is 8.64. The fourth-order valence-electron chi connectivity index (χ4n) is 6.05. The van der Waals surface area contributed by atoms with Crippen molar-refractivity contribution < 1.29 is 56.9 Å². The largest absolute Gasteiger partial charge is 1.00 e. The lowest BCUT2D eigenvalue weighted by atomic mass is 10.1. The van der Waals surface area contributed by atoms with Crippen LogP contribution >= 0.6 is 0 Å². The lowest BCUT2D eigenvalue weighted by molar-refractivity contribution is -0.941. The Morgan fingerprint density at radius 1 is 0.357 bits per heavy atom. The third kappa shape index (κ3) is 19.3. The standard InChI is InChI=1S/2C19H34N.2HI/c2*1-4-7-15-20(16-8-5-2,17-9-6-3)18-19-13-11-10-12-14-19;;/h2*10-14H,4-9,15-18H2,1-3H3;2*1H/q2*+1;;/p-2. The lowest BCUT2D eigenvalue weighted by Gasteiger charge is -2.39. The highest BCUT2D eigenvalue weighted by Gasteiger charge is 2.27. The molecular formula is C38H68I2N2. The van der Waals surface area contributed by atoms with Gasteiger partial charge in [-0.15, -0.1) is 0 Å². The summed E-state index contributed by atoms with van der Waals surface area (Å²) in [6, 6.07) is 22.2. The minimum Gasteiger partial charge on any atom is -1.00 e. The number of halogens is 2. The molecule has 0 fully saturated rings. The summed E-state index contributed by atoms with van der Waals surface area (Å²) in [5.74, 6) is 0. The highest BCUT2D eigenvalue weighted by atomic mass is 127. The fraction of sp³-hybridized carbons (Fsp3) is 0.684.